The Bertz CT molecular complexity index is 422. The monoisotopic (exact) mass is 249 g/mol. The highest BCUT2D eigenvalue weighted by atomic mass is 16.3. The first-order valence-electron chi connectivity index (χ1n) is 6.59. The van der Waals surface area contributed by atoms with E-state index in [4.69, 9.17) is 0 Å². The molecule has 0 aliphatic heterocycles. The molecule has 0 saturated heterocycles. The quantitative estimate of drug-likeness (QED) is 0.837. The zero-order valence-corrected chi connectivity index (χ0v) is 12.8. The second-order valence-electron chi connectivity index (χ2n) is 7.06. The lowest BCUT2D eigenvalue weighted by atomic mass is 9.79. The third-order valence-electron chi connectivity index (χ3n) is 3.23. The summed E-state index contributed by atoms with van der Waals surface area (Å²) in [4.78, 5) is 0. The zero-order valence-electron chi connectivity index (χ0n) is 12.8. The van der Waals surface area contributed by atoms with Crippen LogP contribution >= 0.6 is 0 Å². The van der Waals surface area contributed by atoms with Crippen molar-refractivity contribution >= 4 is 0 Å². The highest BCUT2D eigenvalue weighted by molar-refractivity contribution is 5.48. The van der Waals surface area contributed by atoms with Crippen molar-refractivity contribution in [3.05, 3.63) is 28.8 Å². The van der Waals surface area contributed by atoms with Gasteiger partial charge < -0.3 is 10.4 Å². The number of hydrogen-bond acceptors (Lipinski definition) is 2. The molecule has 0 aliphatic carbocycles. The van der Waals surface area contributed by atoms with Crippen LogP contribution in [0.25, 0.3) is 0 Å². The van der Waals surface area contributed by atoms with Gasteiger partial charge in [0.2, 0.25) is 0 Å². The molecule has 1 aromatic rings. The number of phenolic OH excluding ortho intramolecular Hbond substituents is 1. The summed E-state index contributed by atoms with van der Waals surface area (Å²) >= 11 is 0. The fraction of sp³-hybridized carbons (Fsp3) is 0.625. The lowest BCUT2D eigenvalue weighted by molar-refractivity contribution is 0.436. The first-order chi connectivity index (χ1) is 8.07. The van der Waals surface area contributed by atoms with Crippen LogP contribution in [0.4, 0.5) is 0 Å². The zero-order chi connectivity index (χ0) is 14.1. The maximum atomic E-state index is 10.4. The molecule has 0 fully saturated rings. The van der Waals surface area contributed by atoms with Crippen molar-refractivity contribution in [2.45, 2.75) is 58.9 Å². The molecule has 0 amide bonds. The number of rotatable bonds is 2. The van der Waals surface area contributed by atoms with Crippen LogP contribution in [0, 0.1) is 0 Å². The minimum absolute atomic E-state index is 0.0478. The number of aromatic hydroxyl groups is 1. The normalized spacial score (nSPS) is 12.8. The van der Waals surface area contributed by atoms with E-state index in [-0.39, 0.29) is 10.8 Å². The maximum Gasteiger partial charge on any atom is 0.123 e. The Balaban J connectivity index is 3.47. The summed E-state index contributed by atoms with van der Waals surface area (Å²) < 4.78 is 0. The average molecular weight is 249 g/mol. The molecule has 0 heterocycles. The van der Waals surface area contributed by atoms with E-state index >= 15 is 0 Å². The number of benzene rings is 1. The SMILES string of the molecule is CNCc1cc(C(C)(C)C)cc(C(C)(C)C)c1O. The van der Waals surface area contributed by atoms with Gasteiger partial charge >= 0.3 is 0 Å². The minimum atomic E-state index is -0.0478. The van der Waals surface area contributed by atoms with E-state index in [9.17, 15) is 5.11 Å². The molecule has 0 aromatic heterocycles. The van der Waals surface area contributed by atoms with E-state index in [1.165, 1.54) is 5.56 Å². The second-order valence-corrected chi connectivity index (χ2v) is 7.06. The van der Waals surface area contributed by atoms with Crippen LogP contribution in [0.5, 0.6) is 5.75 Å². The summed E-state index contributed by atoms with van der Waals surface area (Å²) in [7, 11) is 1.90. The van der Waals surface area contributed by atoms with Crippen LogP contribution in [-0.2, 0) is 17.4 Å². The average Bonchev–Trinajstić information content (AvgIpc) is 2.17. The maximum absolute atomic E-state index is 10.4. The number of nitrogens with one attached hydrogen (secondary N) is 1. The first-order valence-corrected chi connectivity index (χ1v) is 6.59. The van der Waals surface area contributed by atoms with E-state index in [0.29, 0.717) is 12.3 Å². The van der Waals surface area contributed by atoms with Crippen molar-refractivity contribution in [3.63, 3.8) is 0 Å². The molecule has 1 aromatic carbocycles. The van der Waals surface area contributed by atoms with Gasteiger partial charge in [-0.25, -0.2) is 0 Å². The van der Waals surface area contributed by atoms with Crippen LogP contribution in [0.1, 0.15) is 58.2 Å². The van der Waals surface area contributed by atoms with Crippen molar-refractivity contribution in [1.82, 2.24) is 5.32 Å². The van der Waals surface area contributed by atoms with Crippen LogP contribution < -0.4 is 5.32 Å². The Morgan fingerprint density at radius 2 is 1.56 bits per heavy atom. The molecule has 1 rings (SSSR count). The van der Waals surface area contributed by atoms with Crippen LogP contribution in [0.2, 0.25) is 0 Å². The molecule has 0 saturated carbocycles. The van der Waals surface area contributed by atoms with Crippen LogP contribution in [0.3, 0.4) is 0 Å². The molecule has 102 valence electrons. The Kier molecular flexibility index (Phi) is 4.12. The third-order valence-corrected chi connectivity index (χ3v) is 3.23. The summed E-state index contributed by atoms with van der Waals surface area (Å²) in [6.45, 7) is 13.7. The Labute approximate surface area is 111 Å². The predicted octanol–water partition coefficient (Wildman–Crippen LogP) is 3.71. The van der Waals surface area contributed by atoms with E-state index < -0.39 is 0 Å². The van der Waals surface area contributed by atoms with E-state index in [2.05, 4.69) is 59.0 Å². The van der Waals surface area contributed by atoms with E-state index in [1.54, 1.807) is 0 Å². The van der Waals surface area contributed by atoms with Gasteiger partial charge in [0.25, 0.3) is 0 Å². The molecule has 0 spiro atoms. The van der Waals surface area contributed by atoms with Gasteiger partial charge in [0, 0.05) is 12.1 Å². The smallest absolute Gasteiger partial charge is 0.123 e. The lowest BCUT2D eigenvalue weighted by Gasteiger charge is -2.27. The van der Waals surface area contributed by atoms with Gasteiger partial charge in [0.05, 0.1) is 0 Å². The predicted molar refractivity (Wildman–Crippen MR) is 78.3 cm³/mol. The van der Waals surface area contributed by atoms with Crippen LogP contribution in [-0.4, -0.2) is 12.2 Å². The molecule has 0 bridgehead atoms. The van der Waals surface area contributed by atoms with Crippen molar-refractivity contribution < 1.29 is 5.11 Å². The second kappa shape index (κ2) is 4.93. The highest BCUT2D eigenvalue weighted by Gasteiger charge is 2.24. The number of hydrogen-bond donors (Lipinski definition) is 2. The van der Waals surface area contributed by atoms with E-state index in [1.807, 2.05) is 7.05 Å². The fourth-order valence-corrected chi connectivity index (χ4v) is 2.02. The van der Waals surface area contributed by atoms with Gasteiger partial charge in [-0.15, -0.1) is 0 Å². The molecule has 2 N–H and O–H groups in total. The third kappa shape index (κ3) is 3.26. The Morgan fingerprint density at radius 3 is 1.94 bits per heavy atom. The molecule has 2 heteroatoms. The van der Waals surface area contributed by atoms with Crippen molar-refractivity contribution in [2.75, 3.05) is 7.05 Å². The van der Waals surface area contributed by atoms with Crippen LogP contribution in [0.15, 0.2) is 12.1 Å². The molecule has 0 aliphatic rings. The topological polar surface area (TPSA) is 32.3 Å². The molecule has 0 atom stereocenters. The molecule has 2 nitrogen and oxygen atoms in total. The Hall–Kier alpha value is -1.02. The summed E-state index contributed by atoms with van der Waals surface area (Å²) in [5.41, 5.74) is 3.33. The van der Waals surface area contributed by atoms with E-state index in [0.717, 1.165) is 11.1 Å². The molecular formula is C16H27NO. The van der Waals surface area contributed by atoms with Gasteiger partial charge in [-0.2, -0.15) is 0 Å². The summed E-state index contributed by atoms with van der Waals surface area (Å²) in [6.07, 6.45) is 0. The number of phenols is 1. The fourth-order valence-electron chi connectivity index (χ4n) is 2.02. The minimum Gasteiger partial charge on any atom is -0.507 e. The summed E-state index contributed by atoms with van der Waals surface area (Å²) in [5.74, 6) is 0.435. The molecule has 18 heavy (non-hydrogen) atoms. The molecular weight excluding hydrogens is 222 g/mol. The largest absolute Gasteiger partial charge is 0.507 e. The van der Waals surface area contributed by atoms with Crippen molar-refractivity contribution in [1.29, 1.82) is 0 Å². The molecule has 0 radical (unpaired) electrons. The Morgan fingerprint density at radius 1 is 1.00 bits per heavy atom. The van der Waals surface area contributed by atoms with Gasteiger partial charge in [-0.3, -0.25) is 0 Å². The van der Waals surface area contributed by atoms with Gasteiger partial charge in [0.15, 0.2) is 0 Å². The lowest BCUT2D eigenvalue weighted by Crippen LogP contribution is -2.18. The van der Waals surface area contributed by atoms with Gasteiger partial charge in [0.1, 0.15) is 5.75 Å². The summed E-state index contributed by atoms with van der Waals surface area (Å²) in [5, 5.41) is 13.5. The summed E-state index contributed by atoms with van der Waals surface area (Å²) in [6, 6.07) is 4.26. The highest BCUT2D eigenvalue weighted by Crippen LogP contribution is 2.37. The van der Waals surface area contributed by atoms with Gasteiger partial charge in [-0.1, -0.05) is 53.7 Å². The standard InChI is InChI=1S/C16H27NO/c1-15(2,3)12-8-11(10-17-7)14(18)13(9-12)16(4,5)6/h8-9,17-18H,10H2,1-7H3. The van der Waals surface area contributed by atoms with Crippen molar-refractivity contribution in [2.24, 2.45) is 0 Å². The first kappa shape index (κ1) is 15.0. The van der Waals surface area contributed by atoms with Gasteiger partial charge in [-0.05, 0) is 29.0 Å². The van der Waals surface area contributed by atoms with Crippen molar-refractivity contribution in [3.8, 4) is 5.75 Å². The molecule has 0 unspecified atom stereocenters.